The zero-order chi connectivity index (χ0) is 18.0. The van der Waals surface area contributed by atoms with E-state index in [1.165, 1.54) is 11.3 Å². The number of piperidine rings is 1. The van der Waals surface area contributed by atoms with Gasteiger partial charge in [-0.2, -0.15) is 0 Å². The van der Waals surface area contributed by atoms with E-state index in [0.717, 1.165) is 4.88 Å². The number of carbonyl (C=O) groups excluding carboxylic acids is 2. The molecule has 8 heteroatoms. The highest BCUT2D eigenvalue weighted by Crippen LogP contribution is 2.33. The van der Waals surface area contributed by atoms with Crippen molar-refractivity contribution in [2.45, 2.75) is 31.4 Å². The number of likely N-dealkylation sites (tertiary alicyclic amines) is 1. The third-order valence-corrected chi connectivity index (χ3v) is 8.45. The van der Waals surface area contributed by atoms with Crippen LogP contribution in [0.1, 0.15) is 36.3 Å². The molecule has 3 rings (SSSR count). The van der Waals surface area contributed by atoms with Crippen LogP contribution in [0.4, 0.5) is 0 Å². The molecule has 0 spiro atoms. The monoisotopic (exact) mass is 384 g/mol. The Morgan fingerprint density at radius 2 is 1.76 bits per heavy atom. The normalized spacial score (nSPS) is 24.8. The first-order valence-corrected chi connectivity index (χ1v) is 11.3. The number of nitrogens with zero attached hydrogens (tertiary/aromatic N) is 2. The maximum atomic E-state index is 12.8. The second-order valence-electron chi connectivity index (χ2n) is 6.77. The quantitative estimate of drug-likeness (QED) is 0.778. The molecule has 0 N–H and O–H groups in total. The summed E-state index contributed by atoms with van der Waals surface area (Å²) in [5, 5.41) is 1.39. The van der Waals surface area contributed by atoms with Crippen LogP contribution in [0.2, 0.25) is 0 Å². The van der Waals surface area contributed by atoms with Crippen molar-refractivity contribution in [2.75, 3.05) is 31.9 Å². The summed E-state index contributed by atoms with van der Waals surface area (Å²) >= 11 is 1.46. The number of amides is 2. The van der Waals surface area contributed by atoms with Gasteiger partial charge in [0.05, 0.1) is 11.0 Å². The molecule has 6 nitrogen and oxygen atoms in total. The van der Waals surface area contributed by atoms with Gasteiger partial charge in [-0.25, -0.2) is 8.42 Å². The molecule has 2 fully saturated rings. The summed E-state index contributed by atoms with van der Waals surface area (Å²) in [6, 6.07) is 3.73. The van der Waals surface area contributed by atoms with Crippen molar-refractivity contribution in [3.8, 4) is 0 Å². The first-order chi connectivity index (χ1) is 11.9. The molecule has 2 aliphatic heterocycles. The van der Waals surface area contributed by atoms with E-state index in [1.807, 2.05) is 17.5 Å². The van der Waals surface area contributed by atoms with Crippen molar-refractivity contribution < 1.29 is 18.0 Å². The van der Waals surface area contributed by atoms with E-state index in [2.05, 4.69) is 0 Å². The van der Waals surface area contributed by atoms with E-state index in [1.54, 1.807) is 16.7 Å². The van der Waals surface area contributed by atoms with Gasteiger partial charge in [-0.05, 0) is 30.7 Å². The number of carbonyl (C=O) groups is 2. The fourth-order valence-electron chi connectivity index (χ4n) is 3.66. The molecular formula is C17H24N2O4S2. The smallest absolute Gasteiger partial charge is 0.225 e. The lowest BCUT2D eigenvalue weighted by Gasteiger charge is -2.33. The maximum absolute atomic E-state index is 12.8. The summed E-state index contributed by atoms with van der Waals surface area (Å²) in [7, 11) is -3.24. The Morgan fingerprint density at radius 3 is 2.36 bits per heavy atom. The van der Waals surface area contributed by atoms with Crippen molar-refractivity contribution in [3.63, 3.8) is 0 Å². The molecule has 0 radical (unpaired) electrons. The third kappa shape index (κ3) is 4.06. The zero-order valence-electron chi connectivity index (χ0n) is 14.4. The van der Waals surface area contributed by atoms with Crippen LogP contribution in [-0.2, 0) is 19.4 Å². The Balaban J connectivity index is 1.65. The number of hydrogen-bond acceptors (Lipinski definition) is 5. The van der Waals surface area contributed by atoms with Gasteiger partial charge in [-0.1, -0.05) is 6.07 Å². The Hall–Kier alpha value is -1.41. The Bertz CT molecular complexity index is 722. The first kappa shape index (κ1) is 18.4. The maximum Gasteiger partial charge on any atom is 0.225 e. The lowest BCUT2D eigenvalue weighted by molar-refractivity contribution is -0.139. The molecule has 0 aliphatic carbocycles. The molecule has 1 unspecified atom stereocenters. The molecule has 2 saturated heterocycles. The van der Waals surface area contributed by atoms with Gasteiger partial charge in [-0.3, -0.25) is 9.59 Å². The Kier molecular flexibility index (Phi) is 5.48. The van der Waals surface area contributed by atoms with Gasteiger partial charge >= 0.3 is 0 Å². The van der Waals surface area contributed by atoms with Crippen LogP contribution in [0.5, 0.6) is 0 Å². The van der Waals surface area contributed by atoms with Gasteiger partial charge in [0, 0.05) is 43.9 Å². The summed E-state index contributed by atoms with van der Waals surface area (Å²) in [4.78, 5) is 28.6. The minimum atomic E-state index is -3.24. The number of sulfone groups is 1. The predicted octanol–water partition coefficient (Wildman–Crippen LogP) is 1.69. The van der Waals surface area contributed by atoms with E-state index in [9.17, 15) is 18.0 Å². The molecule has 0 aromatic carbocycles. The van der Waals surface area contributed by atoms with Crippen LogP contribution in [0, 0.1) is 5.92 Å². The second-order valence-corrected chi connectivity index (χ2v) is 10.0. The van der Waals surface area contributed by atoms with Gasteiger partial charge in [0.25, 0.3) is 0 Å². The molecule has 1 atom stereocenters. The van der Waals surface area contributed by atoms with Gasteiger partial charge in [-0.15, -0.1) is 11.3 Å². The van der Waals surface area contributed by atoms with Crippen molar-refractivity contribution in [1.82, 2.24) is 9.80 Å². The lowest BCUT2D eigenvalue weighted by atomic mass is 9.95. The van der Waals surface area contributed by atoms with E-state index in [-0.39, 0.29) is 30.0 Å². The van der Waals surface area contributed by atoms with Crippen LogP contribution in [-0.4, -0.2) is 62.0 Å². The topological polar surface area (TPSA) is 74.8 Å². The number of hydrogen-bond donors (Lipinski definition) is 0. The summed E-state index contributed by atoms with van der Waals surface area (Å²) in [5.41, 5.74) is 0. The van der Waals surface area contributed by atoms with Gasteiger partial charge in [0.2, 0.25) is 11.8 Å². The Labute approximate surface area is 152 Å². The van der Waals surface area contributed by atoms with Gasteiger partial charge in [0.1, 0.15) is 0 Å². The average Bonchev–Trinajstić information content (AvgIpc) is 3.06. The zero-order valence-corrected chi connectivity index (χ0v) is 16.0. The van der Waals surface area contributed by atoms with E-state index < -0.39 is 15.1 Å². The molecule has 0 bridgehead atoms. The summed E-state index contributed by atoms with van der Waals surface area (Å²) < 4.78 is 25.2. The van der Waals surface area contributed by atoms with Crippen LogP contribution in [0.25, 0.3) is 0 Å². The highest BCUT2D eigenvalue weighted by atomic mass is 32.2. The molecule has 2 aliphatic rings. The van der Waals surface area contributed by atoms with Crippen molar-refractivity contribution >= 4 is 33.0 Å². The minimum absolute atomic E-state index is 0.0214. The lowest BCUT2D eigenvalue weighted by Crippen LogP contribution is -2.44. The fraction of sp³-hybridized carbons (Fsp3) is 0.647. The highest BCUT2D eigenvalue weighted by molar-refractivity contribution is 7.91. The molecule has 2 amide bonds. The van der Waals surface area contributed by atoms with Crippen LogP contribution < -0.4 is 0 Å². The third-order valence-electron chi connectivity index (χ3n) is 5.20. The first-order valence-electron chi connectivity index (χ1n) is 8.68. The minimum Gasteiger partial charge on any atom is -0.343 e. The van der Waals surface area contributed by atoms with Crippen molar-refractivity contribution in [3.05, 3.63) is 22.4 Å². The second kappa shape index (κ2) is 7.45. The van der Waals surface area contributed by atoms with E-state index >= 15 is 0 Å². The molecule has 3 heterocycles. The molecular weight excluding hydrogens is 360 g/mol. The molecule has 0 saturated carbocycles. The number of thiophene rings is 1. The molecule has 25 heavy (non-hydrogen) atoms. The van der Waals surface area contributed by atoms with Crippen LogP contribution in [0.3, 0.4) is 0 Å². The summed E-state index contributed by atoms with van der Waals surface area (Å²) in [5.74, 6) is 0.0144. The number of rotatable bonds is 2. The average molecular weight is 385 g/mol. The largest absolute Gasteiger partial charge is 0.343 e. The molecule has 138 valence electrons. The van der Waals surface area contributed by atoms with Crippen LogP contribution >= 0.6 is 11.3 Å². The predicted molar refractivity (Wildman–Crippen MR) is 97.0 cm³/mol. The summed E-state index contributed by atoms with van der Waals surface area (Å²) in [6.45, 7) is 3.52. The molecule has 1 aromatic rings. The van der Waals surface area contributed by atoms with Gasteiger partial charge in [0.15, 0.2) is 9.84 Å². The Morgan fingerprint density at radius 1 is 1.08 bits per heavy atom. The fourth-order valence-corrected chi connectivity index (χ4v) is 6.66. The highest BCUT2D eigenvalue weighted by Gasteiger charge is 2.35. The van der Waals surface area contributed by atoms with Crippen molar-refractivity contribution in [1.29, 1.82) is 0 Å². The van der Waals surface area contributed by atoms with Crippen LogP contribution in [0.15, 0.2) is 17.5 Å². The SMILES string of the molecule is CC(=O)N1CCC(C(=O)N2CCC(c3cccs3)S(=O)(=O)CC2)CC1. The standard InChI is InChI=1S/C17H24N2O4S2/c1-13(20)18-7-4-14(5-8-18)17(21)19-9-6-16(15-3-2-11-24-15)25(22,23)12-10-19/h2-3,11,14,16H,4-10,12H2,1H3. The van der Waals surface area contributed by atoms with E-state index in [0.29, 0.717) is 38.9 Å². The summed E-state index contributed by atoms with van der Waals surface area (Å²) in [6.07, 6.45) is 1.78. The van der Waals surface area contributed by atoms with E-state index in [4.69, 9.17) is 0 Å². The van der Waals surface area contributed by atoms with Gasteiger partial charge < -0.3 is 9.80 Å². The van der Waals surface area contributed by atoms with Crippen molar-refractivity contribution in [2.24, 2.45) is 5.92 Å². The molecule has 1 aromatic heterocycles.